The van der Waals surface area contributed by atoms with Gasteiger partial charge in [-0.1, -0.05) is 13.8 Å². The molecule has 0 atom stereocenters. The molecule has 1 aromatic rings. The molecule has 0 aromatic carbocycles. The Balaban J connectivity index is 2.77. The van der Waals surface area contributed by atoms with E-state index in [1.54, 1.807) is 12.3 Å². The van der Waals surface area contributed by atoms with Gasteiger partial charge < -0.3 is 0 Å². The van der Waals surface area contributed by atoms with Gasteiger partial charge in [-0.05, 0) is 18.1 Å². The zero-order valence-corrected chi connectivity index (χ0v) is 9.08. The van der Waals surface area contributed by atoms with Crippen LogP contribution in [0.2, 0.25) is 0 Å². The van der Waals surface area contributed by atoms with Crippen molar-refractivity contribution < 1.29 is 8.42 Å². The topological polar surface area (TPSA) is 59.1 Å². The van der Waals surface area contributed by atoms with Gasteiger partial charge in [-0.2, -0.15) is 0 Å². The lowest BCUT2D eigenvalue weighted by atomic mass is 10.2. The van der Waals surface area contributed by atoms with Crippen LogP contribution in [0.15, 0.2) is 29.4 Å². The molecule has 0 unspecified atom stereocenters. The number of nitrogens with zero attached hydrogens (tertiary/aromatic N) is 1. The van der Waals surface area contributed by atoms with Crippen molar-refractivity contribution in [1.82, 2.24) is 9.71 Å². The summed E-state index contributed by atoms with van der Waals surface area (Å²) in [5, 5.41) is 0. The highest BCUT2D eigenvalue weighted by molar-refractivity contribution is 7.89. The first-order valence-electron chi connectivity index (χ1n) is 4.42. The Kier molecular flexibility index (Phi) is 3.60. The van der Waals surface area contributed by atoms with E-state index >= 15 is 0 Å². The lowest BCUT2D eigenvalue weighted by molar-refractivity contribution is 0.560. The molecule has 0 bridgehead atoms. The Morgan fingerprint density at radius 3 is 2.71 bits per heavy atom. The molecule has 1 N–H and O–H groups in total. The van der Waals surface area contributed by atoms with Crippen LogP contribution in [-0.2, 0) is 10.0 Å². The third kappa shape index (κ3) is 3.08. The number of hydrogen-bond acceptors (Lipinski definition) is 3. The average molecular weight is 214 g/mol. The second kappa shape index (κ2) is 4.52. The molecule has 0 saturated carbocycles. The molecule has 1 rings (SSSR count). The van der Waals surface area contributed by atoms with Crippen LogP contribution in [0.4, 0.5) is 0 Å². The first kappa shape index (κ1) is 11.1. The highest BCUT2D eigenvalue weighted by atomic mass is 32.2. The number of sulfonamides is 1. The molecule has 78 valence electrons. The van der Waals surface area contributed by atoms with Crippen molar-refractivity contribution in [1.29, 1.82) is 0 Å². The smallest absolute Gasteiger partial charge is 0.242 e. The SMILES string of the molecule is CC(C)CNS(=O)(=O)c1cccnc1. The van der Waals surface area contributed by atoms with Crippen molar-refractivity contribution >= 4 is 10.0 Å². The van der Waals surface area contributed by atoms with Crippen LogP contribution in [0.25, 0.3) is 0 Å². The predicted octanol–water partition coefficient (Wildman–Crippen LogP) is 1.02. The van der Waals surface area contributed by atoms with E-state index in [2.05, 4.69) is 9.71 Å². The summed E-state index contributed by atoms with van der Waals surface area (Å²) in [6.07, 6.45) is 2.88. The van der Waals surface area contributed by atoms with Gasteiger partial charge in [-0.25, -0.2) is 13.1 Å². The fourth-order valence-corrected chi connectivity index (χ4v) is 2.04. The fraction of sp³-hybridized carbons (Fsp3) is 0.444. The predicted molar refractivity (Wildman–Crippen MR) is 54.3 cm³/mol. The van der Waals surface area contributed by atoms with E-state index < -0.39 is 10.0 Å². The summed E-state index contributed by atoms with van der Waals surface area (Å²) < 4.78 is 25.7. The van der Waals surface area contributed by atoms with Crippen LogP contribution in [0, 0.1) is 5.92 Å². The van der Waals surface area contributed by atoms with E-state index in [1.807, 2.05) is 13.8 Å². The summed E-state index contributed by atoms with van der Waals surface area (Å²) in [5.74, 6) is 0.293. The molecule has 0 fully saturated rings. The number of rotatable bonds is 4. The zero-order valence-electron chi connectivity index (χ0n) is 8.27. The maximum absolute atomic E-state index is 11.6. The molecule has 0 amide bonds. The summed E-state index contributed by atoms with van der Waals surface area (Å²) >= 11 is 0. The molecule has 5 heteroatoms. The van der Waals surface area contributed by atoms with Crippen LogP contribution in [-0.4, -0.2) is 19.9 Å². The lowest BCUT2D eigenvalue weighted by Gasteiger charge is -2.07. The van der Waals surface area contributed by atoms with Crippen LogP contribution in [0.5, 0.6) is 0 Å². The number of hydrogen-bond donors (Lipinski definition) is 1. The van der Waals surface area contributed by atoms with Crippen molar-refractivity contribution in [2.24, 2.45) is 5.92 Å². The lowest BCUT2D eigenvalue weighted by Crippen LogP contribution is -2.27. The van der Waals surface area contributed by atoms with E-state index in [1.165, 1.54) is 12.3 Å². The van der Waals surface area contributed by atoms with Crippen LogP contribution in [0.3, 0.4) is 0 Å². The van der Waals surface area contributed by atoms with E-state index in [-0.39, 0.29) is 4.90 Å². The van der Waals surface area contributed by atoms with Gasteiger partial charge in [0.25, 0.3) is 0 Å². The fourth-order valence-electron chi connectivity index (χ4n) is 0.866. The molecule has 14 heavy (non-hydrogen) atoms. The van der Waals surface area contributed by atoms with Gasteiger partial charge in [0.2, 0.25) is 10.0 Å². The number of aromatic nitrogens is 1. The molecule has 1 heterocycles. The normalized spacial score (nSPS) is 11.9. The third-order valence-electron chi connectivity index (χ3n) is 1.63. The second-order valence-electron chi connectivity index (χ2n) is 3.43. The summed E-state index contributed by atoms with van der Waals surface area (Å²) in [6, 6.07) is 3.12. The maximum Gasteiger partial charge on any atom is 0.242 e. The van der Waals surface area contributed by atoms with Crippen LogP contribution < -0.4 is 4.72 Å². The molecule has 1 aromatic heterocycles. The number of nitrogens with one attached hydrogen (secondary N) is 1. The summed E-state index contributed by atoms with van der Waals surface area (Å²) in [4.78, 5) is 3.97. The highest BCUT2D eigenvalue weighted by Gasteiger charge is 2.13. The molecule has 0 aliphatic rings. The Morgan fingerprint density at radius 1 is 1.50 bits per heavy atom. The van der Waals surface area contributed by atoms with Gasteiger partial charge in [0.1, 0.15) is 4.90 Å². The van der Waals surface area contributed by atoms with E-state index in [9.17, 15) is 8.42 Å². The molecular formula is C9H14N2O2S. The Labute approximate surface area is 84.4 Å². The van der Waals surface area contributed by atoms with E-state index in [0.29, 0.717) is 12.5 Å². The maximum atomic E-state index is 11.6. The first-order valence-corrected chi connectivity index (χ1v) is 5.90. The first-order chi connectivity index (χ1) is 6.52. The minimum Gasteiger partial charge on any atom is -0.263 e. The van der Waals surface area contributed by atoms with Crippen molar-refractivity contribution in [3.05, 3.63) is 24.5 Å². The molecule has 0 radical (unpaired) electrons. The van der Waals surface area contributed by atoms with Crippen molar-refractivity contribution in [2.75, 3.05) is 6.54 Å². The van der Waals surface area contributed by atoms with Crippen LogP contribution >= 0.6 is 0 Å². The minimum absolute atomic E-state index is 0.209. The largest absolute Gasteiger partial charge is 0.263 e. The van der Waals surface area contributed by atoms with Gasteiger partial charge in [0.05, 0.1) is 0 Å². The molecule has 4 nitrogen and oxygen atoms in total. The van der Waals surface area contributed by atoms with Gasteiger partial charge in [0.15, 0.2) is 0 Å². The zero-order chi connectivity index (χ0) is 10.6. The van der Waals surface area contributed by atoms with Gasteiger partial charge >= 0.3 is 0 Å². The minimum atomic E-state index is -3.37. The third-order valence-corrected chi connectivity index (χ3v) is 3.04. The van der Waals surface area contributed by atoms with Crippen molar-refractivity contribution in [3.63, 3.8) is 0 Å². The molecule has 0 spiro atoms. The monoisotopic (exact) mass is 214 g/mol. The van der Waals surface area contributed by atoms with E-state index in [4.69, 9.17) is 0 Å². The molecule has 0 aliphatic heterocycles. The molecule has 0 saturated heterocycles. The van der Waals surface area contributed by atoms with Crippen molar-refractivity contribution in [2.45, 2.75) is 18.7 Å². The standard InChI is InChI=1S/C9H14N2O2S/c1-8(2)6-11-14(12,13)9-4-3-5-10-7-9/h3-5,7-8,11H,6H2,1-2H3. The molecule has 0 aliphatic carbocycles. The molecular weight excluding hydrogens is 200 g/mol. The van der Waals surface area contributed by atoms with Gasteiger partial charge in [0, 0.05) is 18.9 Å². The summed E-state index contributed by atoms with van der Waals surface area (Å²) in [5.41, 5.74) is 0. The van der Waals surface area contributed by atoms with Crippen LogP contribution in [0.1, 0.15) is 13.8 Å². The Morgan fingerprint density at radius 2 is 2.21 bits per heavy atom. The van der Waals surface area contributed by atoms with Gasteiger partial charge in [-0.3, -0.25) is 4.98 Å². The van der Waals surface area contributed by atoms with E-state index in [0.717, 1.165) is 0 Å². The summed E-state index contributed by atoms with van der Waals surface area (Å²) in [6.45, 7) is 4.34. The van der Waals surface area contributed by atoms with Gasteiger partial charge in [-0.15, -0.1) is 0 Å². The summed E-state index contributed by atoms with van der Waals surface area (Å²) in [7, 11) is -3.37. The average Bonchev–Trinajstić information content (AvgIpc) is 2.16. The Bertz CT molecular complexity index is 373. The quantitative estimate of drug-likeness (QED) is 0.814. The highest BCUT2D eigenvalue weighted by Crippen LogP contribution is 2.05. The Hall–Kier alpha value is -0.940. The second-order valence-corrected chi connectivity index (χ2v) is 5.20. The number of pyridine rings is 1. The van der Waals surface area contributed by atoms with Crippen molar-refractivity contribution in [3.8, 4) is 0 Å².